The number of hydrogen-bond donors (Lipinski definition) is 2. The van der Waals surface area contributed by atoms with Gasteiger partial charge in [-0.05, 0) is 26.0 Å². The maximum absolute atomic E-state index is 13.6. The number of imide groups is 1. The molecule has 1 saturated heterocycles. The van der Waals surface area contributed by atoms with Crippen molar-refractivity contribution in [2.75, 3.05) is 13.1 Å². The van der Waals surface area contributed by atoms with Crippen LogP contribution in [0.25, 0.3) is 0 Å². The van der Waals surface area contributed by atoms with Gasteiger partial charge < -0.3 is 10.1 Å². The third kappa shape index (κ3) is 4.35. The highest BCUT2D eigenvalue weighted by atomic mass is 32.2. The third-order valence-corrected chi connectivity index (χ3v) is 5.15. The maximum atomic E-state index is 13.6. The number of halogens is 1. The summed E-state index contributed by atoms with van der Waals surface area (Å²) >= 11 is 0. The summed E-state index contributed by atoms with van der Waals surface area (Å²) in [5.74, 6) is -2.73. The van der Waals surface area contributed by atoms with Gasteiger partial charge in [-0.25, -0.2) is 17.6 Å². The van der Waals surface area contributed by atoms with Crippen LogP contribution in [-0.4, -0.2) is 56.5 Å². The molecule has 1 fully saturated rings. The Morgan fingerprint density at radius 3 is 2.54 bits per heavy atom. The third-order valence-electron chi connectivity index (χ3n) is 3.58. The van der Waals surface area contributed by atoms with E-state index in [0.29, 0.717) is 6.54 Å². The molecular weight excluding hydrogens is 369 g/mol. The molecule has 142 valence electrons. The van der Waals surface area contributed by atoms with Gasteiger partial charge in [0, 0.05) is 13.1 Å². The van der Waals surface area contributed by atoms with E-state index in [1.807, 2.05) is 4.72 Å². The number of rotatable bonds is 6. The molecule has 0 bridgehead atoms. The second kappa shape index (κ2) is 7.79. The Hall–Kier alpha value is -2.53. The van der Waals surface area contributed by atoms with E-state index < -0.39 is 50.8 Å². The minimum absolute atomic E-state index is 0.148. The summed E-state index contributed by atoms with van der Waals surface area (Å²) < 4.78 is 44.8. The lowest BCUT2D eigenvalue weighted by Crippen LogP contribution is -2.45. The fourth-order valence-corrected chi connectivity index (χ4v) is 3.51. The van der Waals surface area contributed by atoms with E-state index in [1.165, 1.54) is 26.0 Å². The number of carbonyl (C=O) groups excluding carboxylic acids is 3. The molecule has 26 heavy (non-hydrogen) atoms. The van der Waals surface area contributed by atoms with Gasteiger partial charge in [-0.15, -0.1) is 0 Å². The smallest absolute Gasteiger partial charge is 0.324 e. The van der Waals surface area contributed by atoms with Crippen LogP contribution in [0.5, 0.6) is 0 Å². The molecule has 1 aliphatic heterocycles. The topological polar surface area (TPSA) is 122 Å². The Kier molecular flexibility index (Phi) is 5.93. The molecule has 0 radical (unpaired) electrons. The number of amides is 3. The Labute approximate surface area is 149 Å². The minimum Gasteiger partial charge on any atom is -0.451 e. The predicted molar refractivity (Wildman–Crippen MR) is 86.8 cm³/mol. The van der Waals surface area contributed by atoms with Crippen molar-refractivity contribution in [3.05, 3.63) is 30.1 Å². The van der Waals surface area contributed by atoms with Gasteiger partial charge in [0.15, 0.2) is 6.10 Å². The molecule has 3 amide bonds. The molecule has 2 atom stereocenters. The Morgan fingerprint density at radius 2 is 1.96 bits per heavy atom. The largest absolute Gasteiger partial charge is 0.451 e. The van der Waals surface area contributed by atoms with Crippen LogP contribution in [0.1, 0.15) is 13.8 Å². The van der Waals surface area contributed by atoms with E-state index in [1.54, 1.807) is 0 Å². The molecule has 0 aromatic heterocycles. The lowest BCUT2D eigenvalue weighted by atomic mass is 10.3. The van der Waals surface area contributed by atoms with Gasteiger partial charge in [-0.2, -0.15) is 4.72 Å². The van der Waals surface area contributed by atoms with Crippen LogP contribution in [0.15, 0.2) is 29.2 Å². The monoisotopic (exact) mass is 387 g/mol. The number of carbonyl (C=O) groups is 3. The highest BCUT2D eigenvalue weighted by molar-refractivity contribution is 7.89. The summed E-state index contributed by atoms with van der Waals surface area (Å²) in [6.45, 7) is 2.91. The average Bonchev–Trinajstić information content (AvgIpc) is 2.99. The van der Waals surface area contributed by atoms with Crippen LogP contribution in [0.4, 0.5) is 9.18 Å². The van der Waals surface area contributed by atoms with Crippen LogP contribution in [0.2, 0.25) is 0 Å². The van der Waals surface area contributed by atoms with Gasteiger partial charge in [-0.1, -0.05) is 12.1 Å². The standard InChI is InChI=1S/C15H18FN3O6S/c1-9(18-26(23,24)12-6-4-3-5-11(12)16)14(21)25-10(2)13(20)19-8-7-17-15(19)22/h3-6,9-10,18H,7-8H2,1-2H3,(H,17,22)/t9-,10+/m0/s1. The van der Waals surface area contributed by atoms with Gasteiger partial charge in [0.05, 0.1) is 0 Å². The lowest BCUT2D eigenvalue weighted by molar-refractivity contribution is -0.158. The molecule has 0 saturated carbocycles. The fraction of sp³-hybridized carbons (Fsp3) is 0.400. The van der Waals surface area contributed by atoms with Gasteiger partial charge in [0.1, 0.15) is 16.8 Å². The molecule has 1 aliphatic rings. The van der Waals surface area contributed by atoms with Gasteiger partial charge in [0.2, 0.25) is 10.0 Å². The van der Waals surface area contributed by atoms with E-state index in [9.17, 15) is 27.2 Å². The van der Waals surface area contributed by atoms with Crippen molar-refractivity contribution in [1.82, 2.24) is 14.9 Å². The predicted octanol–water partition coefficient (Wildman–Crippen LogP) is -0.0240. The van der Waals surface area contributed by atoms with E-state index in [2.05, 4.69) is 5.32 Å². The summed E-state index contributed by atoms with van der Waals surface area (Å²) in [6.07, 6.45) is -1.29. The zero-order valence-corrected chi connectivity index (χ0v) is 14.9. The van der Waals surface area contributed by atoms with Gasteiger partial charge >= 0.3 is 12.0 Å². The van der Waals surface area contributed by atoms with Crippen LogP contribution >= 0.6 is 0 Å². The molecule has 0 spiro atoms. The Balaban J connectivity index is 2.00. The summed E-state index contributed by atoms with van der Waals surface area (Å²) in [5, 5.41) is 2.43. The minimum atomic E-state index is -4.30. The number of ether oxygens (including phenoxy) is 1. The van der Waals surface area contributed by atoms with Crippen molar-refractivity contribution < 1.29 is 31.9 Å². The summed E-state index contributed by atoms with van der Waals surface area (Å²) in [5.41, 5.74) is 0. The SMILES string of the molecule is C[C@H](NS(=O)(=O)c1ccccc1F)C(=O)O[C@H](C)C(=O)N1CCNC1=O. The fourth-order valence-electron chi connectivity index (χ4n) is 2.24. The first-order chi connectivity index (χ1) is 12.1. The maximum Gasteiger partial charge on any atom is 0.324 e. The van der Waals surface area contributed by atoms with Crippen molar-refractivity contribution >= 4 is 27.9 Å². The zero-order chi connectivity index (χ0) is 19.5. The number of urea groups is 1. The molecule has 11 heteroatoms. The number of esters is 1. The molecule has 2 rings (SSSR count). The number of benzene rings is 1. The van der Waals surface area contributed by atoms with Crippen molar-refractivity contribution in [3.8, 4) is 0 Å². The zero-order valence-electron chi connectivity index (χ0n) is 14.1. The molecule has 1 aromatic carbocycles. The number of sulfonamides is 1. The van der Waals surface area contributed by atoms with Crippen molar-refractivity contribution in [1.29, 1.82) is 0 Å². The van der Waals surface area contributed by atoms with Crippen LogP contribution < -0.4 is 10.0 Å². The molecular formula is C15H18FN3O6S. The van der Waals surface area contributed by atoms with Gasteiger partial charge in [0.25, 0.3) is 5.91 Å². The second-order valence-electron chi connectivity index (χ2n) is 5.57. The normalized spacial score (nSPS) is 16.7. The van der Waals surface area contributed by atoms with Crippen LogP contribution in [-0.2, 0) is 24.3 Å². The van der Waals surface area contributed by atoms with E-state index >= 15 is 0 Å². The van der Waals surface area contributed by atoms with E-state index in [4.69, 9.17) is 4.74 Å². The Morgan fingerprint density at radius 1 is 1.31 bits per heavy atom. The summed E-state index contributed by atoms with van der Waals surface area (Å²) in [4.78, 5) is 35.8. The first-order valence-electron chi connectivity index (χ1n) is 7.70. The van der Waals surface area contributed by atoms with Crippen LogP contribution in [0.3, 0.4) is 0 Å². The lowest BCUT2D eigenvalue weighted by Gasteiger charge is -2.20. The highest BCUT2D eigenvalue weighted by Crippen LogP contribution is 2.14. The average molecular weight is 387 g/mol. The van der Waals surface area contributed by atoms with Gasteiger partial charge in [-0.3, -0.25) is 14.5 Å². The van der Waals surface area contributed by atoms with Crippen LogP contribution in [0, 0.1) is 5.82 Å². The molecule has 0 unspecified atom stereocenters. The molecule has 0 aliphatic carbocycles. The van der Waals surface area contributed by atoms with E-state index in [0.717, 1.165) is 17.0 Å². The van der Waals surface area contributed by atoms with Crippen molar-refractivity contribution in [2.45, 2.75) is 30.9 Å². The highest BCUT2D eigenvalue weighted by Gasteiger charge is 2.33. The molecule has 1 aromatic rings. The second-order valence-corrected chi connectivity index (χ2v) is 7.26. The van der Waals surface area contributed by atoms with Crippen molar-refractivity contribution in [3.63, 3.8) is 0 Å². The molecule has 1 heterocycles. The summed E-state index contributed by atoms with van der Waals surface area (Å²) in [7, 11) is -4.30. The first-order valence-corrected chi connectivity index (χ1v) is 9.18. The first kappa shape index (κ1) is 19.8. The van der Waals surface area contributed by atoms with E-state index in [-0.39, 0.29) is 6.54 Å². The molecule has 2 N–H and O–H groups in total. The number of hydrogen-bond acceptors (Lipinski definition) is 6. The number of nitrogens with zero attached hydrogens (tertiary/aromatic N) is 1. The molecule has 9 nitrogen and oxygen atoms in total. The quantitative estimate of drug-likeness (QED) is 0.662. The van der Waals surface area contributed by atoms with Crippen molar-refractivity contribution in [2.24, 2.45) is 0 Å². The Bertz CT molecular complexity index is 828. The number of nitrogens with one attached hydrogen (secondary N) is 2. The summed E-state index contributed by atoms with van der Waals surface area (Å²) in [6, 6.07) is 2.72.